The molecule has 96 valence electrons. The molecular formula is C11H17NO5. The van der Waals surface area contributed by atoms with Crippen LogP contribution in [0.4, 0.5) is 0 Å². The number of aliphatic hydroxyl groups is 1. The number of rotatable bonds is 1. The second-order valence-electron chi connectivity index (χ2n) is 5.08. The number of aliphatic imine (C=N–C) groups is 1. The van der Waals surface area contributed by atoms with Crippen LogP contribution < -0.4 is 0 Å². The Balaban J connectivity index is 1.71. The van der Waals surface area contributed by atoms with Gasteiger partial charge in [0.05, 0.1) is 6.61 Å². The van der Waals surface area contributed by atoms with E-state index in [9.17, 15) is 5.11 Å². The van der Waals surface area contributed by atoms with Crippen LogP contribution >= 0.6 is 0 Å². The van der Waals surface area contributed by atoms with Crippen LogP contribution in [0.5, 0.6) is 0 Å². The van der Waals surface area contributed by atoms with Crippen molar-refractivity contribution in [2.24, 2.45) is 4.99 Å². The van der Waals surface area contributed by atoms with E-state index >= 15 is 0 Å². The van der Waals surface area contributed by atoms with Crippen molar-refractivity contribution in [2.75, 3.05) is 6.61 Å². The van der Waals surface area contributed by atoms with Gasteiger partial charge in [-0.2, -0.15) is 0 Å². The molecule has 0 aliphatic carbocycles. The second kappa shape index (κ2) is 3.65. The average Bonchev–Trinajstić information content (AvgIpc) is 2.83. The summed E-state index contributed by atoms with van der Waals surface area (Å²) in [5.74, 6) is -0.0627. The van der Waals surface area contributed by atoms with Crippen molar-refractivity contribution < 1.29 is 24.1 Å². The Bertz CT molecular complexity index is 356. The van der Waals surface area contributed by atoms with Gasteiger partial charge in [-0.25, -0.2) is 4.99 Å². The first-order valence-electron chi connectivity index (χ1n) is 5.83. The molecule has 6 nitrogen and oxygen atoms in total. The molecule has 1 N–H and O–H groups in total. The molecule has 3 aliphatic heterocycles. The molecule has 0 aromatic carbocycles. The molecule has 0 aromatic rings. The molecule has 3 heterocycles. The first-order valence-corrected chi connectivity index (χ1v) is 5.83. The van der Waals surface area contributed by atoms with Crippen LogP contribution in [0.25, 0.3) is 0 Å². The lowest BCUT2D eigenvalue weighted by Gasteiger charge is -2.22. The highest BCUT2D eigenvalue weighted by Gasteiger charge is 2.53. The van der Waals surface area contributed by atoms with Gasteiger partial charge in [0, 0.05) is 6.92 Å². The molecule has 0 spiro atoms. The Hall–Kier alpha value is -0.690. The summed E-state index contributed by atoms with van der Waals surface area (Å²) in [4.78, 5) is 4.21. The van der Waals surface area contributed by atoms with E-state index < -0.39 is 24.3 Å². The minimum Gasteiger partial charge on any atom is -0.450 e. The molecule has 0 radical (unpaired) electrons. The highest BCUT2D eigenvalue weighted by molar-refractivity contribution is 5.75. The van der Waals surface area contributed by atoms with Crippen LogP contribution in [0, 0.1) is 0 Å². The summed E-state index contributed by atoms with van der Waals surface area (Å²) in [6.07, 6.45) is -1.91. The zero-order valence-electron chi connectivity index (χ0n) is 10.1. The molecular weight excluding hydrogens is 226 g/mol. The van der Waals surface area contributed by atoms with Crippen LogP contribution in [0.2, 0.25) is 0 Å². The van der Waals surface area contributed by atoms with E-state index in [-0.39, 0.29) is 12.1 Å². The molecule has 3 rings (SSSR count). The standard InChI is InChI=1S/C11H17NO5/c1-5-12-7-8(13)9(16-10(7)15-5)6-4-14-11(2,3)17-6/h6-10,13H,4H2,1-3H3/t6-,7+,8+,9+,10-/m0/s1. The summed E-state index contributed by atoms with van der Waals surface area (Å²) < 4.78 is 22.2. The lowest BCUT2D eigenvalue weighted by atomic mass is 10.1. The van der Waals surface area contributed by atoms with Gasteiger partial charge in [-0.3, -0.25) is 0 Å². The summed E-state index contributed by atoms with van der Waals surface area (Å²) in [7, 11) is 0. The Kier molecular flexibility index (Phi) is 2.45. The summed E-state index contributed by atoms with van der Waals surface area (Å²) in [6.45, 7) is 5.85. The van der Waals surface area contributed by atoms with E-state index in [4.69, 9.17) is 18.9 Å². The van der Waals surface area contributed by atoms with Crippen LogP contribution in [-0.2, 0) is 18.9 Å². The summed E-state index contributed by atoms with van der Waals surface area (Å²) in [5.41, 5.74) is 0. The van der Waals surface area contributed by atoms with Crippen molar-refractivity contribution in [1.82, 2.24) is 0 Å². The molecule has 2 saturated heterocycles. The highest BCUT2D eigenvalue weighted by Crippen LogP contribution is 2.35. The van der Waals surface area contributed by atoms with Gasteiger partial charge in [-0.05, 0) is 13.8 Å². The van der Waals surface area contributed by atoms with E-state index in [1.807, 2.05) is 13.8 Å². The van der Waals surface area contributed by atoms with Gasteiger partial charge in [-0.15, -0.1) is 0 Å². The van der Waals surface area contributed by atoms with Crippen LogP contribution in [0.3, 0.4) is 0 Å². The van der Waals surface area contributed by atoms with Crippen LogP contribution in [0.1, 0.15) is 20.8 Å². The fourth-order valence-corrected chi connectivity index (χ4v) is 2.50. The molecule has 6 heteroatoms. The van der Waals surface area contributed by atoms with Crippen molar-refractivity contribution in [3.63, 3.8) is 0 Å². The first kappa shape index (κ1) is 11.4. The molecule has 0 saturated carbocycles. The fraction of sp³-hybridized carbons (Fsp3) is 0.909. The third kappa shape index (κ3) is 1.85. The molecule has 5 atom stereocenters. The number of hydrogen-bond donors (Lipinski definition) is 1. The quantitative estimate of drug-likeness (QED) is 0.704. The van der Waals surface area contributed by atoms with E-state index in [0.29, 0.717) is 12.5 Å². The maximum absolute atomic E-state index is 10.2. The Morgan fingerprint density at radius 1 is 1.41 bits per heavy atom. The number of fused-ring (bicyclic) bond motifs is 1. The smallest absolute Gasteiger partial charge is 0.227 e. The molecule has 0 aromatic heterocycles. The van der Waals surface area contributed by atoms with Crippen molar-refractivity contribution in [3.05, 3.63) is 0 Å². The normalized spacial score (nSPS) is 47.8. The van der Waals surface area contributed by atoms with Crippen LogP contribution in [0.15, 0.2) is 4.99 Å². The second-order valence-corrected chi connectivity index (χ2v) is 5.08. The monoisotopic (exact) mass is 243 g/mol. The third-order valence-corrected chi connectivity index (χ3v) is 3.27. The largest absolute Gasteiger partial charge is 0.450 e. The predicted molar refractivity (Wildman–Crippen MR) is 57.6 cm³/mol. The summed E-state index contributed by atoms with van der Waals surface area (Å²) >= 11 is 0. The Labute approximate surface area is 99.5 Å². The number of hydrogen-bond acceptors (Lipinski definition) is 6. The molecule has 0 unspecified atom stereocenters. The fourth-order valence-electron chi connectivity index (χ4n) is 2.50. The van der Waals surface area contributed by atoms with Crippen molar-refractivity contribution in [1.29, 1.82) is 0 Å². The molecule has 0 bridgehead atoms. The lowest BCUT2D eigenvalue weighted by Crippen LogP contribution is -2.40. The van der Waals surface area contributed by atoms with Crippen molar-refractivity contribution in [3.8, 4) is 0 Å². The zero-order chi connectivity index (χ0) is 12.2. The maximum Gasteiger partial charge on any atom is 0.227 e. The molecule has 3 aliphatic rings. The van der Waals surface area contributed by atoms with E-state index in [2.05, 4.69) is 4.99 Å². The SMILES string of the molecule is CC1=N[C@H]2[C@@H](O1)O[C@H]([C@@H]1COC(C)(C)O1)[C@@H]2O. The zero-order valence-corrected chi connectivity index (χ0v) is 10.1. The third-order valence-electron chi connectivity index (χ3n) is 3.27. The topological polar surface area (TPSA) is 69.5 Å². The van der Waals surface area contributed by atoms with Gasteiger partial charge >= 0.3 is 0 Å². The number of ether oxygens (including phenoxy) is 4. The van der Waals surface area contributed by atoms with Crippen LogP contribution in [-0.4, -0.2) is 54.0 Å². The summed E-state index contributed by atoms with van der Waals surface area (Å²) in [5, 5.41) is 10.2. The molecule has 0 amide bonds. The Morgan fingerprint density at radius 3 is 2.76 bits per heavy atom. The van der Waals surface area contributed by atoms with Gasteiger partial charge in [0.15, 0.2) is 11.7 Å². The average molecular weight is 243 g/mol. The van der Waals surface area contributed by atoms with Gasteiger partial charge in [-0.1, -0.05) is 0 Å². The minimum atomic E-state index is -0.708. The maximum atomic E-state index is 10.2. The van der Waals surface area contributed by atoms with E-state index in [0.717, 1.165) is 0 Å². The molecule has 2 fully saturated rings. The van der Waals surface area contributed by atoms with Gasteiger partial charge in [0.1, 0.15) is 24.4 Å². The van der Waals surface area contributed by atoms with Gasteiger partial charge in [0.25, 0.3) is 0 Å². The van der Waals surface area contributed by atoms with E-state index in [1.165, 1.54) is 0 Å². The lowest BCUT2D eigenvalue weighted by molar-refractivity contribution is -0.172. The van der Waals surface area contributed by atoms with Gasteiger partial charge in [0.2, 0.25) is 6.29 Å². The van der Waals surface area contributed by atoms with Gasteiger partial charge < -0.3 is 24.1 Å². The Morgan fingerprint density at radius 2 is 2.18 bits per heavy atom. The highest BCUT2D eigenvalue weighted by atomic mass is 16.8. The molecule has 17 heavy (non-hydrogen) atoms. The number of nitrogens with zero attached hydrogens (tertiary/aromatic N) is 1. The van der Waals surface area contributed by atoms with Crippen molar-refractivity contribution >= 4 is 5.90 Å². The predicted octanol–water partition coefficient (Wildman–Crippen LogP) is 0.0409. The first-order chi connectivity index (χ1) is 7.96. The summed E-state index contributed by atoms with van der Waals surface area (Å²) in [6, 6.07) is -0.340. The van der Waals surface area contributed by atoms with E-state index in [1.54, 1.807) is 6.92 Å². The van der Waals surface area contributed by atoms with Crippen molar-refractivity contribution in [2.45, 2.75) is 57.2 Å². The number of aliphatic hydroxyl groups excluding tert-OH is 1. The minimum absolute atomic E-state index is 0.273.